The van der Waals surface area contributed by atoms with Gasteiger partial charge in [-0.25, -0.2) is 13.1 Å². The molecule has 1 amide bonds. The molecule has 0 saturated carbocycles. The van der Waals surface area contributed by atoms with Crippen LogP contribution < -0.4 is 10.1 Å². The number of ether oxygens (including phenoxy) is 1. The summed E-state index contributed by atoms with van der Waals surface area (Å²) in [6.45, 7) is 9.50. The molecule has 2 unspecified atom stereocenters. The molecule has 5 rings (SSSR count). The average molecular weight is 563 g/mol. The molecule has 2 aliphatic rings. The zero-order valence-corrected chi connectivity index (χ0v) is 23.7. The first-order valence-corrected chi connectivity index (χ1v) is 14.7. The second kappa shape index (κ2) is 11.3. The van der Waals surface area contributed by atoms with Crippen molar-refractivity contribution in [1.82, 2.24) is 29.5 Å². The van der Waals surface area contributed by atoms with Gasteiger partial charge in [-0.05, 0) is 38.1 Å². The van der Waals surface area contributed by atoms with E-state index in [2.05, 4.69) is 66.2 Å². The van der Waals surface area contributed by atoms with E-state index < -0.39 is 22.0 Å². The lowest BCUT2D eigenvalue weighted by atomic mass is 9.98. The zero-order valence-electron chi connectivity index (χ0n) is 22.9. The number of nitrogens with zero attached hydrogens (tertiary/aromatic N) is 5. The minimum Gasteiger partial charge on any atom is -0.493 e. The number of nitrogens with one attached hydrogen (secondary N) is 1. The Morgan fingerprint density at radius 1 is 1.23 bits per heavy atom. The summed E-state index contributed by atoms with van der Waals surface area (Å²) < 4.78 is 35.8. The highest BCUT2D eigenvalue weighted by atomic mass is 32.2. The topological polar surface area (TPSA) is 110 Å². The van der Waals surface area contributed by atoms with Crippen molar-refractivity contribution < 1.29 is 17.9 Å². The van der Waals surface area contributed by atoms with Gasteiger partial charge in [0.1, 0.15) is 11.8 Å². The Morgan fingerprint density at radius 3 is 2.75 bits per heavy atom. The van der Waals surface area contributed by atoms with Crippen molar-refractivity contribution in [2.45, 2.75) is 51.4 Å². The minimum absolute atomic E-state index is 0.0496. The van der Waals surface area contributed by atoms with Gasteiger partial charge in [0.2, 0.25) is 5.91 Å². The summed E-state index contributed by atoms with van der Waals surface area (Å²) >= 11 is 0. The number of sulfonamides is 1. The molecule has 2 atom stereocenters. The van der Waals surface area contributed by atoms with E-state index in [1.807, 2.05) is 0 Å². The molecule has 1 aromatic heterocycles. The van der Waals surface area contributed by atoms with Crippen molar-refractivity contribution in [3.63, 3.8) is 0 Å². The molecular weight excluding hydrogens is 528 g/mol. The molecule has 11 heteroatoms. The van der Waals surface area contributed by atoms with E-state index in [-0.39, 0.29) is 17.4 Å². The quantitative estimate of drug-likeness (QED) is 0.426. The monoisotopic (exact) mass is 562 g/mol. The maximum atomic E-state index is 13.5. The number of hydrogen-bond donors (Lipinski definition) is 1. The van der Waals surface area contributed by atoms with Gasteiger partial charge in [-0.2, -0.15) is 0 Å². The highest BCUT2D eigenvalue weighted by molar-refractivity contribution is 7.98. The van der Waals surface area contributed by atoms with Crippen LogP contribution in [0.4, 0.5) is 0 Å². The molecule has 210 valence electrons. The molecule has 40 heavy (non-hydrogen) atoms. The van der Waals surface area contributed by atoms with Crippen LogP contribution in [0.1, 0.15) is 48.7 Å². The summed E-state index contributed by atoms with van der Waals surface area (Å²) in [5.41, 5.74) is 3.15. The lowest BCUT2D eigenvalue weighted by molar-refractivity contribution is -0.124. The van der Waals surface area contributed by atoms with Gasteiger partial charge >= 0.3 is 0 Å². The molecule has 0 fully saturated rings. The summed E-state index contributed by atoms with van der Waals surface area (Å²) in [7, 11) is -1.98. The van der Waals surface area contributed by atoms with Crippen molar-refractivity contribution in [3.05, 3.63) is 96.1 Å². The molecule has 3 aromatic rings. The van der Waals surface area contributed by atoms with Crippen LogP contribution in [0.25, 0.3) is 4.91 Å². The molecule has 0 aliphatic carbocycles. The van der Waals surface area contributed by atoms with Gasteiger partial charge in [0.25, 0.3) is 10.0 Å². The summed E-state index contributed by atoms with van der Waals surface area (Å²) in [5.74, 6) is 0.383. The summed E-state index contributed by atoms with van der Waals surface area (Å²) in [4.78, 5) is 15.0. The predicted octanol–water partition coefficient (Wildman–Crippen LogP) is 3.31. The zero-order chi connectivity index (χ0) is 28.4. The van der Waals surface area contributed by atoms with Crippen molar-refractivity contribution in [2.75, 3.05) is 13.7 Å². The average Bonchev–Trinajstić information content (AvgIpc) is 3.42. The van der Waals surface area contributed by atoms with Gasteiger partial charge in [-0.15, -0.1) is 5.10 Å². The Labute approximate surface area is 235 Å². The Morgan fingerprint density at radius 2 is 2.00 bits per heavy atom. The molecule has 0 bridgehead atoms. The second-order valence-corrected chi connectivity index (χ2v) is 12.3. The Kier molecular flexibility index (Phi) is 7.77. The maximum absolute atomic E-state index is 13.5. The molecule has 1 N–H and O–H groups in total. The predicted molar refractivity (Wildman–Crippen MR) is 152 cm³/mol. The van der Waals surface area contributed by atoms with Gasteiger partial charge in [-0.3, -0.25) is 14.0 Å². The summed E-state index contributed by atoms with van der Waals surface area (Å²) in [5, 5.41) is 11.3. The smallest absolute Gasteiger partial charge is 0.264 e. The molecule has 0 saturated heterocycles. The van der Waals surface area contributed by atoms with Gasteiger partial charge < -0.3 is 10.1 Å². The third-order valence-electron chi connectivity index (χ3n) is 7.42. The van der Waals surface area contributed by atoms with E-state index in [0.29, 0.717) is 30.3 Å². The van der Waals surface area contributed by atoms with Crippen LogP contribution in [-0.4, -0.2) is 64.3 Å². The van der Waals surface area contributed by atoms with E-state index in [9.17, 15) is 13.2 Å². The number of carbonyl (C=O) groups is 1. The van der Waals surface area contributed by atoms with Crippen LogP contribution in [0.15, 0.2) is 73.7 Å². The molecule has 2 aromatic carbocycles. The summed E-state index contributed by atoms with van der Waals surface area (Å²) in [6.07, 6.45) is 5.21. The minimum atomic E-state index is -4.07. The van der Waals surface area contributed by atoms with Crippen LogP contribution in [0.2, 0.25) is 0 Å². The Bertz CT molecular complexity index is 1530. The Hall–Kier alpha value is -3.96. The van der Waals surface area contributed by atoms with Crippen LogP contribution >= 0.6 is 0 Å². The number of fused-ring (bicyclic) bond motifs is 1. The highest BCUT2D eigenvalue weighted by Gasteiger charge is 2.37. The molecule has 2 aliphatic heterocycles. The molecule has 0 spiro atoms. The standard InChI is InChI=1S/C29H34N6O4S/c1-20(2)33(4)18-22-10-11-25-26(12-15-39-28(25)16-22)34-19-24(31-32-34)17-27-29(36)30-13-14-35(27)40(37,38)21(3)23-8-6-5-7-9-23/h5-11,13-14,16,19-20,26-27H,3,12,15,17-18H2,1-2,4H3,(H,30,36). The number of rotatable bonds is 9. The fourth-order valence-corrected chi connectivity index (χ4v) is 6.27. The van der Waals surface area contributed by atoms with Gasteiger partial charge in [0, 0.05) is 49.6 Å². The maximum Gasteiger partial charge on any atom is 0.264 e. The summed E-state index contributed by atoms with van der Waals surface area (Å²) in [6, 6.07) is 14.2. The van der Waals surface area contributed by atoms with E-state index in [1.165, 1.54) is 18.0 Å². The van der Waals surface area contributed by atoms with Crippen LogP contribution in [0, 0.1) is 0 Å². The molecule has 0 radical (unpaired) electrons. The van der Waals surface area contributed by atoms with Crippen LogP contribution in [0.5, 0.6) is 5.75 Å². The SMILES string of the molecule is C=C(c1ccccc1)S(=O)(=O)N1C=CNC(=O)C1Cc1cn(C2CCOc3cc(CN(C)C(C)C)ccc32)nn1. The van der Waals surface area contributed by atoms with E-state index >= 15 is 0 Å². The second-order valence-electron chi connectivity index (χ2n) is 10.4. The largest absolute Gasteiger partial charge is 0.493 e. The van der Waals surface area contributed by atoms with E-state index in [4.69, 9.17) is 4.74 Å². The first-order chi connectivity index (χ1) is 19.1. The fourth-order valence-electron chi connectivity index (χ4n) is 4.86. The first-order valence-electron chi connectivity index (χ1n) is 13.3. The lowest BCUT2D eigenvalue weighted by Gasteiger charge is -2.31. The van der Waals surface area contributed by atoms with E-state index in [1.54, 1.807) is 41.2 Å². The fraction of sp³-hybridized carbons (Fsp3) is 0.345. The first kappa shape index (κ1) is 27.6. The third-order valence-corrected chi connectivity index (χ3v) is 9.21. The van der Waals surface area contributed by atoms with Gasteiger partial charge in [-0.1, -0.05) is 54.3 Å². The number of hydrogen-bond acceptors (Lipinski definition) is 7. The Balaban J connectivity index is 1.36. The van der Waals surface area contributed by atoms with Crippen molar-refractivity contribution >= 4 is 20.8 Å². The van der Waals surface area contributed by atoms with Crippen LogP contribution in [-0.2, 0) is 27.8 Å². The molecule has 10 nitrogen and oxygen atoms in total. The highest BCUT2D eigenvalue weighted by Crippen LogP contribution is 2.35. The van der Waals surface area contributed by atoms with E-state index in [0.717, 1.165) is 22.2 Å². The molecule has 3 heterocycles. The normalized spacial score (nSPS) is 18.9. The number of carbonyl (C=O) groups excluding carboxylic acids is 1. The van der Waals surface area contributed by atoms with Crippen molar-refractivity contribution in [1.29, 1.82) is 0 Å². The number of amides is 1. The molecular formula is C29H34N6O4S. The van der Waals surface area contributed by atoms with Crippen LogP contribution in [0.3, 0.4) is 0 Å². The van der Waals surface area contributed by atoms with Crippen molar-refractivity contribution in [2.24, 2.45) is 0 Å². The number of benzene rings is 2. The number of aromatic nitrogens is 3. The van der Waals surface area contributed by atoms with Crippen molar-refractivity contribution in [3.8, 4) is 5.75 Å². The lowest BCUT2D eigenvalue weighted by Crippen LogP contribution is -2.50. The third kappa shape index (κ3) is 5.52. The van der Waals surface area contributed by atoms with Gasteiger partial charge in [0.05, 0.1) is 23.2 Å². The van der Waals surface area contributed by atoms with Gasteiger partial charge in [0.15, 0.2) is 0 Å².